The highest BCUT2D eigenvalue weighted by molar-refractivity contribution is 5.80. The number of carbonyl (C=O) groups excluding carboxylic acids is 1. The first kappa shape index (κ1) is 19.6. The fraction of sp³-hybridized carbons (Fsp3) is 0.846. The first-order valence-electron chi connectivity index (χ1n) is 6.83. The van der Waals surface area contributed by atoms with Crippen molar-refractivity contribution >= 4 is 12.1 Å². The number of carboxylic acids is 1. The van der Waals surface area contributed by atoms with E-state index in [9.17, 15) is 9.59 Å². The summed E-state index contributed by atoms with van der Waals surface area (Å²) in [5, 5.41) is 11.2. The molecule has 0 aliphatic carbocycles. The standard InChI is InChI=1S/C13H25NO7/c1-4-18-7-8-20-10-9-19-6-5-14-12(17)21-13(2,3)11(15)16/h4-10H2,1-3H3,(H,14,17)(H,15,16). The van der Waals surface area contributed by atoms with Gasteiger partial charge in [0.1, 0.15) is 0 Å². The van der Waals surface area contributed by atoms with Gasteiger partial charge in [-0.15, -0.1) is 0 Å². The highest BCUT2D eigenvalue weighted by atomic mass is 16.6. The van der Waals surface area contributed by atoms with Gasteiger partial charge in [0, 0.05) is 13.2 Å². The normalized spacial score (nSPS) is 11.2. The maximum Gasteiger partial charge on any atom is 0.408 e. The van der Waals surface area contributed by atoms with E-state index >= 15 is 0 Å². The van der Waals surface area contributed by atoms with Crippen LogP contribution in [0.4, 0.5) is 4.79 Å². The quantitative estimate of drug-likeness (QED) is 0.510. The van der Waals surface area contributed by atoms with Gasteiger partial charge in [-0.2, -0.15) is 0 Å². The molecule has 0 aromatic rings. The second-order valence-electron chi connectivity index (χ2n) is 4.55. The van der Waals surface area contributed by atoms with Gasteiger partial charge in [-0.05, 0) is 20.8 Å². The summed E-state index contributed by atoms with van der Waals surface area (Å²) in [6, 6.07) is 0. The minimum Gasteiger partial charge on any atom is -0.478 e. The van der Waals surface area contributed by atoms with Crippen LogP contribution in [0.3, 0.4) is 0 Å². The molecule has 0 aliphatic heterocycles. The van der Waals surface area contributed by atoms with E-state index in [0.29, 0.717) is 33.0 Å². The lowest BCUT2D eigenvalue weighted by Crippen LogP contribution is -2.41. The number of alkyl carbamates (subject to hydrolysis) is 1. The molecule has 0 fully saturated rings. The van der Waals surface area contributed by atoms with E-state index in [1.165, 1.54) is 13.8 Å². The Labute approximate surface area is 124 Å². The minimum atomic E-state index is -1.56. The predicted octanol–water partition coefficient (Wildman–Crippen LogP) is 0.646. The molecule has 0 saturated carbocycles. The maximum absolute atomic E-state index is 11.3. The Morgan fingerprint density at radius 1 is 1.00 bits per heavy atom. The molecule has 0 saturated heterocycles. The van der Waals surface area contributed by atoms with Crippen molar-refractivity contribution < 1.29 is 33.6 Å². The van der Waals surface area contributed by atoms with Crippen LogP contribution in [0.1, 0.15) is 20.8 Å². The third-order valence-electron chi connectivity index (χ3n) is 2.33. The lowest BCUT2D eigenvalue weighted by molar-refractivity contribution is -0.154. The summed E-state index contributed by atoms with van der Waals surface area (Å²) >= 11 is 0. The number of aliphatic carboxylic acids is 1. The molecule has 21 heavy (non-hydrogen) atoms. The molecule has 1 amide bonds. The molecule has 0 aliphatic rings. The summed E-state index contributed by atoms with van der Waals surface area (Å²) in [6.45, 7) is 7.63. The summed E-state index contributed by atoms with van der Waals surface area (Å²) in [5.74, 6) is -1.21. The first-order chi connectivity index (χ1) is 9.90. The summed E-state index contributed by atoms with van der Waals surface area (Å²) in [7, 11) is 0. The van der Waals surface area contributed by atoms with Gasteiger partial charge in [0.05, 0.1) is 33.0 Å². The van der Waals surface area contributed by atoms with Crippen LogP contribution in [-0.4, -0.2) is 69.0 Å². The fourth-order valence-electron chi connectivity index (χ4n) is 1.12. The number of hydrogen-bond donors (Lipinski definition) is 2. The fourth-order valence-corrected chi connectivity index (χ4v) is 1.12. The molecule has 0 spiro atoms. The number of amides is 1. The Bertz CT molecular complexity index is 307. The third-order valence-corrected chi connectivity index (χ3v) is 2.33. The van der Waals surface area contributed by atoms with Gasteiger partial charge in [-0.3, -0.25) is 0 Å². The van der Waals surface area contributed by atoms with Gasteiger partial charge >= 0.3 is 12.1 Å². The molecular weight excluding hydrogens is 282 g/mol. The van der Waals surface area contributed by atoms with Crippen molar-refractivity contribution in [2.75, 3.05) is 46.2 Å². The minimum absolute atomic E-state index is 0.230. The van der Waals surface area contributed by atoms with E-state index in [2.05, 4.69) is 5.32 Å². The molecule has 8 nitrogen and oxygen atoms in total. The highest BCUT2D eigenvalue weighted by Gasteiger charge is 2.31. The molecule has 124 valence electrons. The number of rotatable bonds is 12. The van der Waals surface area contributed by atoms with Crippen molar-refractivity contribution in [3.63, 3.8) is 0 Å². The molecule has 0 aromatic carbocycles. The summed E-state index contributed by atoms with van der Waals surface area (Å²) in [4.78, 5) is 22.1. The second kappa shape index (κ2) is 11.3. The van der Waals surface area contributed by atoms with Crippen molar-refractivity contribution in [3.05, 3.63) is 0 Å². The number of carbonyl (C=O) groups is 2. The van der Waals surface area contributed by atoms with E-state index in [0.717, 1.165) is 0 Å². The Hall–Kier alpha value is -1.38. The SMILES string of the molecule is CCOCCOCCOCCNC(=O)OC(C)(C)C(=O)O. The van der Waals surface area contributed by atoms with Gasteiger partial charge in [0.2, 0.25) is 5.60 Å². The van der Waals surface area contributed by atoms with Crippen LogP contribution >= 0.6 is 0 Å². The maximum atomic E-state index is 11.3. The lowest BCUT2D eigenvalue weighted by Gasteiger charge is -2.20. The molecule has 8 heteroatoms. The topological polar surface area (TPSA) is 103 Å². The Morgan fingerprint density at radius 2 is 1.52 bits per heavy atom. The zero-order chi connectivity index (χ0) is 16.1. The van der Waals surface area contributed by atoms with E-state index < -0.39 is 17.7 Å². The van der Waals surface area contributed by atoms with Crippen LogP contribution in [0.25, 0.3) is 0 Å². The van der Waals surface area contributed by atoms with Crippen LogP contribution in [0.2, 0.25) is 0 Å². The predicted molar refractivity (Wildman–Crippen MR) is 74.3 cm³/mol. The van der Waals surface area contributed by atoms with Crippen molar-refractivity contribution in [1.29, 1.82) is 0 Å². The smallest absolute Gasteiger partial charge is 0.408 e. The number of carboxylic acid groups (broad SMARTS) is 1. The highest BCUT2D eigenvalue weighted by Crippen LogP contribution is 2.08. The molecule has 0 rings (SSSR count). The average Bonchev–Trinajstić information content (AvgIpc) is 2.40. The molecular formula is C13H25NO7. The van der Waals surface area contributed by atoms with Crippen molar-refractivity contribution in [2.24, 2.45) is 0 Å². The summed E-state index contributed by atoms with van der Waals surface area (Å²) in [5.41, 5.74) is -1.56. The van der Waals surface area contributed by atoms with Gasteiger partial charge in [-0.25, -0.2) is 9.59 Å². The molecule has 0 bridgehead atoms. The zero-order valence-electron chi connectivity index (χ0n) is 12.8. The molecule has 0 unspecified atom stereocenters. The Balaban J connectivity index is 3.43. The first-order valence-corrected chi connectivity index (χ1v) is 6.83. The Morgan fingerprint density at radius 3 is 2.05 bits per heavy atom. The van der Waals surface area contributed by atoms with Crippen LogP contribution in [0.5, 0.6) is 0 Å². The van der Waals surface area contributed by atoms with E-state index in [1.54, 1.807) is 0 Å². The molecule has 2 N–H and O–H groups in total. The van der Waals surface area contributed by atoms with Gasteiger partial charge in [0.15, 0.2) is 0 Å². The molecule has 0 heterocycles. The van der Waals surface area contributed by atoms with Crippen LogP contribution in [0, 0.1) is 0 Å². The van der Waals surface area contributed by atoms with Crippen LogP contribution in [-0.2, 0) is 23.7 Å². The van der Waals surface area contributed by atoms with Gasteiger partial charge in [0.25, 0.3) is 0 Å². The zero-order valence-corrected chi connectivity index (χ0v) is 12.8. The lowest BCUT2D eigenvalue weighted by atomic mass is 10.1. The molecule has 0 radical (unpaired) electrons. The third kappa shape index (κ3) is 11.0. The van der Waals surface area contributed by atoms with Crippen LogP contribution < -0.4 is 5.32 Å². The summed E-state index contributed by atoms with van der Waals surface area (Å²) in [6.07, 6.45) is -0.793. The van der Waals surface area contributed by atoms with Gasteiger partial charge in [-0.1, -0.05) is 0 Å². The number of nitrogens with one attached hydrogen (secondary N) is 1. The molecule has 0 atom stereocenters. The Kier molecular flexibility index (Phi) is 10.6. The number of ether oxygens (including phenoxy) is 4. The number of hydrogen-bond acceptors (Lipinski definition) is 6. The second-order valence-corrected chi connectivity index (χ2v) is 4.55. The van der Waals surface area contributed by atoms with Crippen molar-refractivity contribution in [2.45, 2.75) is 26.4 Å². The monoisotopic (exact) mass is 307 g/mol. The van der Waals surface area contributed by atoms with Crippen molar-refractivity contribution in [3.8, 4) is 0 Å². The average molecular weight is 307 g/mol. The van der Waals surface area contributed by atoms with Crippen molar-refractivity contribution in [1.82, 2.24) is 5.32 Å². The molecule has 0 aromatic heterocycles. The van der Waals surface area contributed by atoms with E-state index in [1.807, 2.05) is 6.92 Å². The summed E-state index contributed by atoms with van der Waals surface area (Å²) < 4.78 is 20.3. The van der Waals surface area contributed by atoms with E-state index in [4.69, 9.17) is 24.1 Å². The van der Waals surface area contributed by atoms with E-state index in [-0.39, 0.29) is 13.2 Å². The van der Waals surface area contributed by atoms with Crippen LogP contribution in [0.15, 0.2) is 0 Å². The largest absolute Gasteiger partial charge is 0.478 e. The van der Waals surface area contributed by atoms with Gasteiger partial charge < -0.3 is 29.4 Å².